The lowest BCUT2D eigenvalue weighted by atomic mass is 10.1. The number of hydrogen-bond donors (Lipinski definition) is 2. The van der Waals surface area contributed by atoms with Gasteiger partial charge in [-0.2, -0.15) is 5.10 Å². The van der Waals surface area contributed by atoms with Gasteiger partial charge in [0.1, 0.15) is 5.82 Å². The first-order chi connectivity index (χ1) is 16.1. The number of primary sulfonamides is 1. The molecule has 1 aliphatic heterocycles. The molecule has 12 heteroatoms. The van der Waals surface area contributed by atoms with Crippen molar-refractivity contribution >= 4 is 61.9 Å². The van der Waals surface area contributed by atoms with Crippen LogP contribution < -0.4 is 20.8 Å². The van der Waals surface area contributed by atoms with Gasteiger partial charge < -0.3 is 10.6 Å². The van der Waals surface area contributed by atoms with Crippen molar-refractivity contribution in [3.8, 4) is 0 Å². The number of benzene rings is 3. The molecule has 4 N–H and O–H groups in total. The first-order valence-corrected chi connectivity index (χ1v) is 12.1. The summed E-state index contributed by atoms with van der Waals surface area (Å²) in [5.41, 5.74) is 7.22. The number of anilines is 2. The second-order valence-electron chi connectivity index (χ2n) is 7.30. The summed E-state index contributed by atoms with van der Waals surface area (Å²) in [7, 11) is -4.02. The van der Waals surface area contributed by atoms with E-state index in [1.165, 1.54) is 35.2 Å². The van der Waals surface area contributed by atoms with Crippen molar-refractivity contribution in [2.24, 2.45) is 16.0 Å². The summed E-state index contributed by atoms with van der Waals surface area (Å²) in [6, 6.07) is 17.1. The summed E-state index contributed by atoms with van der Waals surface area (Å²) in [5.74, 6) is -1.27. The molecule has 0 spiro atoms. The van der Waals surface area contributed by atoms with Crippen LogP contribution in [0.25, 0.3) is 0 Å². The number of thiocarbonyl (C=S) groups is 1. The Balaban J connectivity index is 1.84. The predicted octanol–water partition coefficient (Wildman–Crippen LogP) is 3.13. The standard InChI is InChI=1S/C22H17ClFN5O3S2/c23-17-11-19-16(10-18(17)24)20(21(30)28(19)12-13-5-2-1-3-6-13)27-29(22(25)33)14-7-4-8-15(9-14)34(26,31)32/h1-11H,12H2,(H2,25,33)(H2,26,31,32)/b27-20-. The number of carbonyl (C=O) groups excluding carboxylic acids is 1. The molecule has 1 aliphatic rings. The second kappa shape index (κ2) is 9.11. The average molecular weight is 518 g/mol. The number of fused-ring (bicyclic) bond motifs is 1. The number of hydrogen-bond acceptors (Lipinski definition) is 5. The lowest BCUT2D eigenvalue weighted by molar-refractivity contribution is -0.112. The normalized spacial score (nSPS) is 14.4. The van der Waals surface area contributed by atoms with E-state index in [1.54, 1.807) is 0 Å². The van der Waals surface area contributed by atoms with Crippen LogP contribution in [0.1, 0.15) is 11.1 Å². The van der Waals surface area contributed by atoms with Gasteiger partial charge in [-0.05, 0) is 48.1 Å². The minimum absolute atomic E-state index is 0.143. The summed E-state index contributed by atoms with van der Waals surface area (Å²) in [4.78, 5) is 14.6. The largest absolute Gasteiger partial charge is 0.374 e. The van der Waals surface area contributed by atoms with Crippen molar-refractivity contribution in [3.05, 3.63) is 88.7 Å². The molecule has 4 rings (SSSR count). The Hall–Kier alpha value is -3.38. The number of nitrogens with two attached hydrogens (primary N) is 2. The summed E-state index contributed by atoms with van der Waals surface area (Å²) < 4.78 is 37.9. The Morgan fingerprint density at radius 2 is 1.82 bits per heavy atom. The topological polar surface area (TPSA) is 122 Å². The number of rotatable bonds is 5. The zero-order valence-electron chi connectivity index (χ0n) is 17.4. The molecule has 0 radical (unpaired) electrons. The van der Waals surface area contributed by atoms with Crippen LogP contribution in [0.4, 0.5) is 15.8 Å². The van der Waals surface area contributed by atoms with E-state index in [2.05, 4.69) is 5.10 Å². The Kier molecular flexibility index (Phi) is 6.36. The summed E-state index contributed by atoms with van der Waals surface area (Å²) >= 11 is 11.1. The molecule has 1 amide bonds. The number of sulfonamides is 1. The lowest BCUT2D eigenvalue weighted by Crippen LogP contribution is -2.35. The highest BCUT2D eigenvalue weighted by molar-refractivity contribution is 7.89. The van der Waals surface area contributed by atoms with Crippen LogP contribution in [0, 0.1) is 5.82 Å². The van der Waals surface area contributed by atoms with Crippen LogP contribution in [0.5, 0.6) is 0 Å². The third-order valence-electron chi connectivity index (χ3n) is 5.02. The fourth-order valence-corrected chi connectivity index (χ4v) is 4.31. The average Bonchev–Trinajstić information content (AvgIpc) is 3.02. The lowest BCUT2D eigenvalue weighted by Gasteiger charge is -2.19. The minimum Gasteiger partial charge on any atom is -0.374 e. The smallest absolute Gasteiger partial charge is 0.279 e. The maximum absolute atomic E-state index is 14.4. The van der Waals surface area contributed by atoms with Gasteiger partial charge in [-0.15, -0.1) is 0 Å². The van der Waals surface area contributed by atoms with Gasteiger partial charge in [0, 0.05) is 5.56 Å². The van der Waals surface area contributed by atoms with Crippen molar-refractivity contribution in [1.82, 2.24) is 0 Å². The van der Waals surface area contributed by atoms with Crippen LogP contribution in [0.3, 0.4) is 0 Å². The van der Waals surface area contributed by atoms with E-state index in [4.69, 9.17) is 34.7 Å². The van der Waals surface area contributed by atoms with E-state index in [0.717, 1.165) is 16.6 Å². The Labute approximate surface area is 205 Å². The molecular formula is C22H17ClFN5O3S2. The SMILES string of the molecule is NC(=S)N(/N=C1\C(=O)N(Cc2ccccc2)c2cc(Cl)c(F)cc21)c1cccc(S(N)(=O)=O)c1. The van der Waals surface area contributed by atoms with Crippen molar-refractivity contribution in [3.63, 3.8) is 0 Å². The van der Waals surface area contributed by atoms with Gasteiger partial charge in [0.05, 0.1) is 27.8 Å². The molecule has 8 nitrogen and oxygen atoms in total. The van der Waals surface area contributed by atoms with E-state index < -0.39 is 21.7 Å². The number of amides is 1. The van der Waals surface area contributed by atoms with E-state index in [-0.39, 0.29) is 38.5 Å². The van der Waals surface area contributed by atoms with E-state index >= 15 is 0 Å². The first-order valence-electron chi connectivity index (χ1n) is 9.72. The molecule has 0 atom stereocenters. The number of carbonyl (C=O) groups is 1. The highest BCUT2D eigenvalue weighted by atomic mass is 35.5. The summed E-state index contributed by atoms with van der Waals surface area (Å²) in [6.45, 7) is 0.182. The Morgan fingerprint density at radius 1 is 1.12 bits per heavy atom. The van der Waals surface area contributed by atoms with Gasteiger partial charge in [-0.25, -0.2) is 23.0 Å². The van der Waals surface area contributed by atoms with Crippen LogP contribution in [-0.2, 0) is 21.4 Å². The summed E-state index contributed by atoms with van der Waals surface area (Å²) in [6.07, 6.45) is 0. The fourth-order valence-electron chi connectivity index (χ4n) is 3.45. The van der Waals surface area contributed by atoms with Crippen molar-refractivity contribution in [2.45, 2.75) is 11.4 Å². The van der Waals surface area contributed by atoms with Gasteiger partial charge in [0.15, 0.2) is 10.8 Å². The van der Waals surface area contributed by atoms with Crippen LogP contribution in [0.2, 0.25) is 5.02 Å². The van der Waals surface area contributed by atoms with Crippen LogP contribution >= 0.6 is 23.8 Å². The molecule has 34 heavy (non-hydrogen) atoms. The highest BCUT2D eigenvalue weighted by Crippen LogP contribution is 2.35. The molecule has 1 heterocycles. The molecule has 0 unspecified atom stereocenters. The maximum atomic E-state index is 14.4. The van der Waals surface area contributed by atoms with Crippen molar-refractivity contribution < 1.29 is 17.6 Å². The number of halogens is 2. The Morgan fingerprint density at radius 3 is 2.47 bits per heavy atom. The molecule has 0 aliphatic carbocycles. The zero-order chi connectivity index (χ0) is 24.6. The number of hydrazone groups is 1. The zero-order valence-corrected chi connectivity index (χ0v) is 19.7. The highest BCUT2D eigenvalue weighted by Gasteiger charge is 2.36. The van der Waals surface area contributed by atoms with Gasteiger partial charge in [0.2, 0.25) is 10.0 Å². The molecule has 0 saturated heterocycles. The predicted molar refractivity (Wildman–Crippen MR) is 133 cm³/mol. The van der Waals surface area contributed by atoms with Crippen molar-refractivity contribution in [1.29, 1.82) is 0 Å². The van der Waals surface area contributed by atoms with Crippen LogP contribution in [0.15, 0.2) is 76.7 Å². The van der Waals surface area contributed by atoms with Gasteiger partial charge in [-0.3, -0.25) is 4.79 Å². The molecule has 3 aromatic carbocycles. The second-order valence-corrected chi connectivity index (χ2v) is 9.69. The molecule has 0 aromatic heterocycles. The van der Waals surface area contributed by atoms with Crippen LogP contribution in [-0.4, -0.2) is 25.1 Å². The van der Waals surface area contributed by atoms with Gasteiger partial charge in [-0.1, -0.05) is 48.0 Å². The molecule has 0 saturated carbocycles. The quantitative estimate of drug-likeness (QED) is 0.396. The van der Waals surface area contributed by atoms with E-state index in [1.807, 2.05) is 30.3 Å². The first kappa shape index (κ1) is 23.8. The minimum atomic E-state index is -4.02. The molecule has 3 aromatic rings. The third-order valence-corrected chi connectivity index (χ3v) is 6.39. The van der Waals surface area contributed by atoms with Gasteiger partial charge >= 0.3 is 0 Å². The maximum Gasteiger partial charge on any atom is 0.279 e. The number of nitrogens with zero attached hydrogens (tertiary/aromatic N) is 3. The summed E-state index contributed by atoms with van der Waals surface area (Å²) in [5, 5.41) is 10.1. The Bertz CT molecular complexity index is 1450. The molecular weight excluding hydrogens is 501 g/mol. The van der Waals surface area contributed by atoms with E-state index in [0.29, 0.717) is 5.69 Å². The third kappa shape index (κ3) is 4.64. The van der Waals surface area contributed by atoms with E-state index in [9.17, 15) is 17.6 Å². The molecule has 174 valence electrons. The molecule has 0 fully saturated rings. The fraction of sp³-hybridized carbons (Fsp3) is 0.0455. The molecule has 0 bridgehead atoms. The monoisotopic (exact) mass is 517 g/mol. The van der Waals surface area contributed by atoms with Gasteiger partial charge in [0.25, 0.3) is 5.91 Å². The van der Waals surface area contributed by atoms with Crippen molar-refractivity contribution in [2.75, 3.05) is 9.91 Å².